The second-order valence-electron chi connectivity index (χ2n) is 6.00. The lowest BCUT2D eigenvalue weighted by Crippen LogP contribution is -2.12. The number of benzene rings is 1. The van der Waals surface area contributed by atoms with Gasteiger partial charge in [-0.25, -0.2) is 4.79 Å². The number of hydrogen-bond acceptors (Lipinski definition) is 3. The van der Waals surface area contributed by atoms with E-state index >= 15 is 0 Å². The number of rotatable bonds is 6. The predicted octanol–water partition coefficient (Wildman–Crippen LogP) is 4.55. The molecule has 0 saturated heterocycles. The van der Waals surface area contributed by atoms with E-state index in [1.807, 2.05) is 43.5 Å². The summed E-state index contributed by atoms with van der Waals surface area (Å²) in [5.74, 6) is 0.175. The van der Waals surface area contributed by atoms with Crippen molar-refractivity contribution in [3.05, 3.63) is 66.0 Å². The SMILES string of the molecule is C=C(Nc1ccc2[nH]ccc2c1)/C(=C\C(=C/C)C1CC1)C(=O)OC. The normalized spacial score (nSPS) is 15.4. The summed E-state index contributed by atoms with van der Waals surface area (Å²) in [6.07, 6.45) is 8.20. The molecule has 0 atom stereocenters. The van der Waals surface area contributed by atoms with Crippen LogP contribution in [0.1, 0.15) is 19.8 Å². The summed E-state index contributed by atoms with van der Waals surface area (Å²) in [6.45, 7) is 6.03. The van der Waals surface area contributed by atoms with E-state index in [1.165, 1.54) is 25.5 Å². The molecule has 1 aromatic heterocycles. The van der Waals surface area contributed by atoms with Crippen molar-refractivity contribution in [3.63, 3.8) is 0 Å². The number of allylic oxidation sites excluding steroid dienone is 3. The molecule has 4 nitrogen and oxygen atoms in total. The number of esters is 1. The molecule has 0 unspecified atom stereocenters. The fraction of sp³-hybridized carbons (Fsp3) is 0.250. The number of aromatic nitrogens is 1. The predicted molar refractivity (Wildman–Crippen MR) is 97.6 cm³/mol. The van der Waals surface area contributed by atoms with E-state index < -0.39 is 0 Å². The molecule has 0 aliphatic heterocycles. The maximum absolute atomic E-state index is 12.2. The van der Waals surface area contributed by atoms with Gasteiger partial charge in [-0.05, 0) is 61.6 Å². The van der Waals surface area contributed by atoms with E-state index in [2.05, 4.69) is 23.0 Å². The van der Waals surface area contributed by atoms with Gasteiger partial charge < -0.3 is 15.0 Å². The zero-order chi connectivity index (χ0) is 17.1. The van der Waals surface area contributed by atoms with Gasteiger partial charge in [0.1, 0.15) is 0 Å². The fourth-order valence-electron chi connectivity index (χ4n) is 2.77. The van der Waals surface area contributed by atoms with Crippen molar-refractivity contribution in [2.75, 3.05) is 12.4 Å². The minimum atomic E-state index is -0.379. The molecule has 124 valence electrons. The lowest BCUT2D eigenvalue weighted by molar-refractivity contribution is -0.135. The molecule has 2 aromatic rings. The van der Waals surface area contributed by atoms with Crippen LogP contribution in [0.2, 0.25) is 0 Å². The summed E-state index contributed by atoms with van der Waals surface area (Å²) in [5, 5.41) is 4.32. The van der Waals surface area contributed by atoms with Gasteiger partial charge in [0.15, 0.2) is 0 Å². The van der Waals surface area contributed by atoms with Gasteiger partial charge in [0.2, 0.25) is 0 Å². The van der Waals surface area contributed by atoms with E-state index in [0.717, 1.165) is 16.6 Å². The molecule has 24 heavy (non-hydrogen) atoms. The largest absolute Gasteiger partial charge is 0.465 e. The molecule has 1 aromatic carbocycles. The first-order valence-electron chi connectivity index (χ1n) is 8.12. The van der Waals surface area contributed by atoms with E-state index in [0.29, 0.717) is 17.2 Å². The molecule has 0 amide bonds. The average Bonchev–Trinajstić information content (AvgIpc) is 3.32. The monoisotopic (exact) mass is 322 g/mol. The quantitative estimate of drug-likeness (QED) is 0.466. The van der Waals surface area contributed by atoms with Crippen LogP contribution in [-0.4, -0.2) is 18.1 Å². The Hall–Kier alpha value is -2.75. The summed E-state index contributed by atoms with van der Waals surface area (Å²) in [4.78, 5) is 15.3. The lowest BCUT2D eigenvalue weighted by Gasteiger charge is -2.13. The second-order valence-corrected chi connectivity index (χ2v) is 6.00. The topological polar surface area (TPSA) is 54.1 Å². The minimum absolute atomic E-state index is 0.379. The summed E-state index contributed by atoms with van der Waals surface area (Å²) < 4.78 is 4.93. The van der Waals surface area contributed by atoms with Crippen molar-refractivity contribution in [1.82, 2.24) is 4.98 Å². The first-order chi connectivity index (χ1) is 11.6. The van der Waals surface area contributed by atoms with E-state index in [1.54, 1.807) is 0 Å². The number of aromatic amines is 1. The van der Waals surface area contributed by atoms with Crippen molar-refractivity contribution < 1.29 is 9.53 Å². The molecule has 1 heterocycles. The zero-order valence-corrected chi connectivity index (χ0v) is 14.1. The molecule has 1 aliphatic carbocycles. The van der Waals surface area contributed by atoms with Crippen LogP contribution in [0.15, 0.2) is 66.0 Å². The summed E-state index contributed by atoms with van der Waals surface area (Å²) in [7, 11) is 1.39. The Balaban J connectivity index is 1.85. The highest BCUT2D eigenvalue weighted by molar-refractivity contribution is 5.95. The van der Waals surface area contributed by atoms with Crippen LogP contribution in [-0.2, 0) is 9.53 Å². The number of anilines is 1. The summed E-state index contributed by atoms with van der Waals surface area (Å²) >= 11 is 0. The molecule has 4 heteroatoms. The first kappa shape index (κ1) is 16.1. The van der Waals surface area contributed by atoms with Gasteiger partial charge in [0.25, 0.3) is 0 Å². The standard InChI is InChI=1S/C20H22N2O2/c1-4-14(15-5-6-15)12-18(20(23)24-3)13(2)22-17-7-8-19-16(11-17)9-10-21-19/h4,7-12,15,21-22H,2,5-6H2,1,3H3/b14-4+,18-12+. The van der Waals surface area contributed by atoms with Gasteiger partial charge in [0, 0.05) is 28.5 Å². The number of fused-ring (bicyclic) bond motifs is 1. The Morgan fingerprint density at radius 2 is 2.17 bits per heavy atom. The van der Waals surface area contributed by atoms with Crippen LogP contribution in [0.4, 0.5) is 5.69 Å². The van der Waals surface area contributed by atoms with Crippen LogP contribution in [0.3, 0.4) is 0 Å². The van der Waals surface area contributed by atoms with Crippen molar-refractivity contribution in [1.29, 1.82) is 0 Å². The Morgan fingerprint density at radius 1 is 1.38 bits per heavy atom. The molecule has 1 aliphatic rings. The molecule has 3 rings (SSSR count). The highest BCUT2D eigenvalue weighted by atomic mass is 16.5. The van der Waals surface area contributed by atoms with Crippen LogP contribution in [0.25, 0.3) is 10.9 Å². The van der Waals surface area contributed by atoms with Crippen LogP contribution in [0.5, 0.6) is 0 Å². The first-order valence-corrected chi connectivity index (χ1v) is 8.12. The third kappa shape index (κ3) is 3.43. The van der Waals surface area contributed by atoms with E-state index in [4.69, 9.17) is 4.74 Å². The Bertz CT molecular complexity index is 838. The Labute approximate surface area is 141 Å². The number of methoxy groups -OCH3 is 1. The van der Waals surface area contributed by atoms with Crippen molar-refractivity contribution in [2.24, 2.45) is 5.92 Å². The van der Waals surface area contributed by atoms with Crippen LogP contribution in [0, 0.1) is 5.92 Å². The third-order valence-corrected chi connectivity index (χ3v) is 4.27. The third-order valence-electron chi connectivity index (χ3n) is 4.27. The molecule has 1 fully saturated rings. The van der Waals surface area contributed by atoms with Crippen molar-refractivity contribution >= 4 is 22.6 Å². The van der Waals surface area contributed by atoms with Gasteiger partial charge >= 0.3 is 5.97 Å². The highest BCUT2D eigenvalue weighted by Crippen LogP contribution is 2.38. The minimum Gasteiger partial charge on any atom is -0.465 e. The highest BCUT2D eigenvalue weighted by Gasteiger charge is 2.26. The molecular weight excluding hydrogens is 300 g/mol. The van der Waals surface area contributed by atoms with Crippen LogP contribution >= 0.6 is 0 Å². The molecule has 0 bridgehead atoms. The molecule has 0 spiro atoms. The lowest BCUT2D eigenvalue weighted by atomic mass is 10.0. The van der Waals surface area contributed by atoms with Gasteiger partial charge in [0.05, 0.1) is 12.7 Å². The van der Waals surface area contributed by atoms with Gasteiger partial charge in [-0.1, -0.05) is 12.7 Å². The Morgan fingerprint density at radius 3 is 2.83 bits per heavy atom. The number of nitrogens with one attached hydrogen (secondary N) is 2. The number of hydrogen-bond donors (Lipinski definition) is 2. The van der Waals surface area contributed by atoms with Crippen molar-refractivity contribution in [3.8, 4) is 0 Å². The fourth-order valence-corrected chi connectivity index (χ4v) is 2.77. The van der Waals surface area contributed by atoms with E-state index in [-0.39, 0.29) is 5.97 Å². The summed E-state index contributed by atoms with van der Waals surface area (Å²) in [5.41, 5.74) is 4.12. The maximum Gasteiger partial charge on any atom is 0.339 e. The number of carbonyl (C=O) groups is 1. The molecule has 1 saturated carbocycles. The van der Waals surface area contributed by atoms with Gasteiger partial charge in [-0.2, -0.15) is 0 Å². The number of carbonyl (C=O) groups excluding carboxylic acids is 1. The number of H-pyrrole nitrogens is 1. The van der Waals surface area contributed by atoms with Crippen molar-refractivity contribution in [2.45, 2.75) is 19.8 Å². The molecule has 0 radical (unpaired) electrons. The Kier molecular flexibility index (Phi) is 4.56. The molecule has 2 N–H and O–H groups in total. The summed E-state index contributed by atoms with van der Waals surface area (Å²) in [6, 6.07) is 7.97. The van der Waals surface area contributed by atoms with E-state index in [9.17, 15) is 4.79 Å². The smallest absolute Gasteiger partial charge is 0.339 e. The average molecular weight is 322 g/mol. The van der Waals surface area contributed by atoms with Crippen LogP contribution < -0.4 is 5.32 Å². The molecular formula is C20H22N2O2. The van der Waals surface area contributed by atoms with Gasteiger partial charge in [-0.15, -0.1) is 0 Å². The maximum atomic E-state index is 12.2. The van der Waals surface area contributed by atoms with Gasteiger partial charge in [-0.3, -0.25) is 0 Å². The second kappa shape index (κ2) is 6.79. The number of ether oxygens (including phenoxy) is 1. The zero-order valence-electron chi connectivity index (χ0n) is 14.1.